The van der Waals surface area contributed by atoms with Crippen molar-refractivity contribution in [3.8, 4) is 0 Å². The van der Waals surface area contributed by atoms with E-state index >= 15 is 0 Å². The van der Waals surface area contributed by atoms with Gasteiger partial charge in [0.15, 0.2) is 0 Å². The molecule has 21 heavy (non-hydrogen) atoms. The fourth-order valence-electron chi connectivity index (χ4n) is 1.94. The number of nitrogens with one attached hydrogen (secondary N) is 1. The third-order valence-corrected chi connectivity index (χ3v) is 3.12. The van der Waals surface area contributed by atoms with Gasteiger partial charge in [0.1, 0.15) is 5.70 Å². The molecule has 1 aromatic carbocycles. The second-order valence-corrected chi connectivity index (χ2v) is 4.96. The number of aryl methyl sites for hydroxylation is 1. The van der Waals surface area contributed by atoms with Crippen LogP contribution >= 0.6 is 0 Å². The lowest BCUT2D eigenvalue weighted by molar-refractivity contribution is -0.134. The van der Waals surface area contributed by atoms with E-state index in [-0.39, 0.29) is 5.70 Å². The molecule has 116 valence electrons. The number of carbonyl (C=O) groups is 1. The Labute approximate surface area is 126 Å². The molecule has 0 aliphatic rings. The zero-order valence-corrected chi connectivity index (χ0v) is 12.7. The van der Waals surface area contributed by atoms with Crippen molar-refractivity contribution in [2.45, 2.75) is 45.4 Å². The van der Waals surface area contributed by atoms with Gasteiger partial charge < -0.3 is 5.11 Å². The molecule has 0 radical (unpaired) electrons. The van der Waals surface area contributed by atoms with Gasteiger partial charge in [0, 0.05) is 0 Å². The summed E-state index contributed by atoms with van der Waals surface area (Å²) in [5, 5.41) is 9.05. The highest BCUT2D eigenvalue weighted by Gasteiger charge is 2.05. The normalized spacial score (nSPS) is 11.4. The zero-order chi connectivity index (χ0) is 15.3. The predicted octanol–water partition coefficient (Wildman–Crippen LogP) is 3.69. The van der Waals surface area contributed by atoms with Gasteiger partial charge in [-0.05, 0) is 31.2 Å². The number of hydroxylamine groups is 1. The van der Waals surface area contributed by atoms with E-state index in [0.717, 1.165) is 38.5 Å². The summed E-state index contributed by atoms with van der Waals surface area (Å²) in [5.74, 6) is -0.977. The van der Waals surface area contributed by atoms with Gasteiger partial charge >= 0.3 is 5.97 Å². The Balaban J connectivity index is 2.20. The second kappa shape index (κ2) is 10.9. The summed E-state index contributed by atoms with van der Waals surface area (Å²) in [5.41, 5.74) is 3.93. The Hall–Kier alpha value is -1.81. The van der Waals surface area contributed by atoms with Gasteiger partial charge in [-0.25, -0.2) is 4.79 Å². The first-order chi connectivity index (χ1) is 10.2. The smallest absolute Gasteiger partial charge is 0.353 e. The number of hydrogen-bond donors (Lipinski definition) is 2. The van der Waals surface area contributed by atoms with Crippen LogP contribution in [0.1, 0.15) is 44.6 Å². The molecule has 0 bridgehead atoms. The lowest BCUT2D eigenvalue weighted by atomic mass is 10.1. The van der Waals surface area contributed by atoms with Crippen LogP contribution in [0.5, 0.6) is 0 Å². The van der Waals surface area contributed by atoms with Gasteiger partial charge in [-0.3, -0.25) is 10.3 Å². The molecule has 0 unspecified atom stereocenters. The Bertz CT molecular complexity index is 429. The summed E-state index contributed by atoms with van der Waals surface area (Å²) in [4.78, 5) is 16.3. The third kappa shape index (κ3) is 8.15. The van der Waals surface area contributed by atoms with Crippen molar-refractivity contribution in [1.29, 1.82) is 0 Å². The monoisotopic (exact) mass is 291 g/mol. The minimum Gasteiger partial charge on any atom is -0.477 e. The minimum absolute atomic E-state index is 0.130. The molecule has 0 spiro atoms. The van der Waals surface area contributed by atoms with E-state index in [9.17, 15) is 4.79 Å². The van der Waals surface area contributed by atoms with Gasteiger partial charge in [0.25, 0.3) is 0 Å². The highest BCUT2D eigenvalue weighted by molar-refractivity contribution is 5.85. The van der Waals surface area contributed by atoms with Crippen LogP contribution in [0.15, 0.2) is 42.1 Å². The Kier molecular flexibility index (Phi) is 8.96. The SMILES string of the molecule is CCCCCC=C(NOCCCc1ccccc1)C(=O)O. The van der Waals surface area contributed by atoms with Crippen molar-refractivity contribution in [3.05, 3.63) is 47.7 Å². The van der Waals surface area contributed by atoms with Gasteiger partial charge in [-0.2, -0.15) is 0 Å². The summed E-state index contributed by atoms with van der Waals surface area (Å²) in [6.45, 7) is 2.60. The summed E-state index contributed by atoms with van der Waals surface area (Å²) >= 11 is 0. The molecule has 4 heteroatoms. The van der Waals surface area contributed by atoms with Crippen molar-refractivity contribution in [2.75, 3.05) is 6.61 Å². The number of allylic oxidation sites excluding steroid dienone is 1. The molecular weight excluding hydrogens is 266 g/mol. The van der Waals surface area contributed by atoms with E-state index in [4.69, 9.17) is 9.94 Å². The maximum atomic E-state index is 11.0. The van der Waals surface area contributed by atoms with E-state index in [0.29, 0.717) is 6.61 Å². The van der Waals surface area contributed by atoms with E-state index < -0.39 is 5.97 Å². The lowest BCUT2D eigenvalue weighted by Crippen LogP contribution is -2.21. The molecule has 0 aliphatic heterocycles. The minimum atomic E-state index is -0.977. The maximum absolute atomic E-state index is 11.0. The average molecular weight is 291 g/mol. The largest absolute Gasteiger partial charge is 0.477 e. The van der Waals surface area contributed by atoms with Crippen LogP contribution in [-0.2, 0) is 16.1 Å². The molecule has 0 saturated carbocycles. The number of aliphatic carboxylic acids is 1. The van der Waals surface area contributed by atoms with Crippen LogP contribution in [0.25, 0.3) is 0 Å². The number of hydrogen-bond acceptors (Lipinski definition) is 3. The molecule has 0 heterocycles. The first kappa shape index (κ1) is 17.2. The first-order valence-corrected chi connectivity index (χ1v) is 7.59. The van der Waals surface area contributed by atoms with Crippen molar-refractivity contribution < 1.29 is 14.7 Å². The molecular formula is C17H25NO3. The van der Waals surface area contributed by atoms with E-state index in [1.807, 2.05) is 18.2 Å². The van der Waals surface area contributed by atoms with Crippen LogP contribution in [0.2, 0.25) is 0 Å². The molecule has 0 aromatic heterocycles. The molecule has 0 saturated heterocycles. The number of carboxylic acid groups (broad SMARTS) is 1. The molecule has 2 N–H and O–H groups in total. The van der Waals surface area contributed by atoms with Crippen LogP contribution in [0, 0.1) is 0 Å². The van der Waals surface area contributed by atoms with Crippen LogP contribution in [0.3, 0.4) is 0 Å². The van der Waals surface area contributed by atoms with Crippen LogP contribution in [0.4, 0.5) is 0 Å². The Morgan fingerprint density at radius 3 is 2.67 bits per heavy atom. The van der Waals surface area contributed by atoms with Gasteiger partial charge in [-0.15, -0.1) is 0 Å². The number of rotatable bonds is 11. The second-order valence-electron chi connectivity index (χ2n) is 4.96. The molecule has 1 aromatic rings. The fraction of sp³-hybridized carbons (Fsp3) is 0.471. The molecule has 0 amide bonds. The van der Waals surface area contributed by atoms with Crippen molar-refractivity contribution in [1.82, 2.24) is 5.48 Å². The summed E-state index contributed by atoms with van der Waals surface area (Å²) in [6.07, 6.45) is 7.46. The maximum Gasteiger partial charge on any atom is 0.353 e. The molecule has 4 nitrogen and oxygen atoms in total. The van der Waals surface area contributed by atoms with Crippen molar-refractivity contribution in [2.24, 2.45) is 0 Å². The number of benzene rings is 1. The zero-order valence-electron chi connectivity index (χ0n) is 12.7. The lowest BCUT2D eigenvalue weighted by Gasteiger charge is -2.08. The Morgan fingerprint density at radius 1 is 1.24 bits per heavy atom. The molecule has 1 rings (SSSR count). The van der Waals surface area contributed by atoms with Crippen LogP contribution in [-0.4, -0.2) is 17.7 Å². The third-order valence-electron chi connectivity index (χ3n) is 3.12. The average Bonchev–Trinajstić information content (AvgIpc) is 2.49. The molecule has 0 aliphatic carbocycles. The summed E-state index contributed by atoms with van der Waals surface area (Å²) in [6, 6.07) is 10.2. The summed E-state index contributed by atoms with van der Waals surface area (Å²) in [7, 11) is 0. The quantitative estimate of drug-likeness (QED) is 0.371. The standard InChI is InChI=1S/C17H25NO3/c1-2-3-4-8-13-16(17(19)20)18-21-14-9-12-15-10-6-5-7-11-15/h5-7,10-11,13,18H,2-4,8-9,12,14H2,1H3,(H,19,20). The highest BCUT2D eigenvalue weighted by atomic mass is 16.6. The fourth-order valence-corrected chi connectivity index (χ4v) is 1.94. The van der Waals surface area contributed by atoms with Gasteiger partial charge in [-0.1, -0.05) is 56.2 Å². The number of carboxylic acids is 1. The van der Waals surface area contributed by atoms with Gasteiger partial charge in [0.05, 0.1) is 6.61 Å². The van der Waals surface area contributed by atoms with Crippen LogP contribution < -0.4 is 5.48 Å². The van der Waals surface area contributed by atoms with Crippen molar-refractivity contribution >= 4 is 5.97 Å². The topological polar surface area (TPSA) is 58.6 Å². The van der Waals surface area contributed by atoms with E-state index in [2.05, 4.69) is 24.5 Å². The summed E-state index contributed by atoms with van der Waals surface area (Å²) < 4.78 is 0. The predicted molar refractivity (Wildman–Crippen MR) is 83.7 cm³/mol. The van der Waals surface area contributed by atoms with E-state index in [1.54, 1.807) is 6.08 Å². The Morgan fingerprint density at radius 2 is 2.00 bits per heavy atom. The van der Waals surface area contributed by atoms with E-state index in [1.165, 1.54) is 5.56 Å². The number of unbranched alkanes of at least 4 members (excludes halogenated alkanes) is 3. The highest BCUT2D eigenvalue weighted by Crippen LogP contribution is 2.04. The first-order valence-electron chi connectivity index (χ1n) is 7.59. The molecule has 0 fully saturated rings. The molecule has 0 atom stereocenters. The van der Waals surface area contributed by atoms with Crippen molar-refractivity contribution in [3.63, 3.8) is 0 Å². The van der Waals surface area contributed by atoms with Gasteiger partial charge in [0.2, 0.25) is 0 Å².